The molecule has 0 saturated heterocycles. The van der Waals surface area contributed by atoms with Gasteiger partial charge in [0.25, 0.3) is 0 Å². The Balaban J connectivity index is 1.65. The standard InChI is InChI=1S/C16H18O3/c17-14(18)11-1-3-12(4-2-11)16(19)9-15-6-5-10(8-15)7-13(15)16/h1-4,10,13,19H,5-9H2,(H,17,18)/t10?,13?,15?,16-/m1/s1. The summed E-state index contributed by atoms with van der Waals surface area (Å²) in [6.07, 6.45) is 5.93. The Kier molecular flexibility index (Phi) is 2.05. The van der Waals surface area contributed by atoms with Gasteiger partial charge in [0.1, 0.15) is 0 Å². The molecule has 19 heavy (non-hydrogen) atoms. The molecule has 3 saturated carbocycles. The van der Waals surface area contributed by atoms with Crippen molar-refractivity contribution in [3.05, 3.63) is 35.4 Å². The number of hydrogen-bond donors (Lipinski definition) is 2. The Morgan fingerprint density at radius 1 is 1.26 bits per heavy atom. The van der Waals surface area contributed by atoms with Crippen molar-refractivity contribution in [3.8, 4) is 0 Å². The smallest absolute Gasteiger partial charge is 0.335 e. The highest BCUT2D eigenvalue weighted by atomic mass is 16.4. The summed E-state index contributed by atoms with van der Waals surface area (Å²) >= 11 is 0. The van der Waals surface area contributed by atoms with Gasteiger partial charge in [0.05, 0.1) is 11.2 Å². The monoisotopic (exact) mass is 258 g/mol. The highest BCUT2D eigenvalue weighted by molar-refractivity contribution is 5.87. The maximum Gasteiger partial charge on any atom is 0.335 e. The van der Waals surface area contributed by atoms with E-state index in [0.717, 1.165) is 24.3 Å². The van der Waals surface area contributed by atoms with Gasteiger partial charge in [-0.15, -0.1) is 0 Å². The summed E-state index contributed by atoms with van der Waals surface area (Å²) in [7, 11) is 0. The van der Waals surface area contributed by atoms with E-state index in [1.165, 1.54) is 19.3 Å². The van der Waals surface area contributed by atoms with Crippen molar-refractivity contribution in [2.24, 2.45) is 17.3 Å². The predicted molar refractivity (Wildman–Crippen MR) is 69.8 cm³/mol. The zero-order valence-corrected chi connectivity index (χ0v) is 10.8. The summed E-state index contributed by atoms with van der Waals surface area (Å²) in [6.45, 7) is 0. The number of carboxylic acids is 1. The number of carboxylic acid groups (broad SMARTS) is 1. The average molecular weight is 258 g/mol. The van der Waals surface area contributed by atoms with Crippen molar-refractivity contribution in [2.45, 2.75) is 37.7 Å². The SMILES string of the molecule is O=C(O)c1ccc([C@]2(O)CC34CCC(CC32)C4)cc1. The Bertz CT molecular complexity index is 550. The molecule has 0 heterocycles. The van der Waals surface area contributed by atoms with E-state index >= 15 is 0 Å². The van der Waals surface area contributed by atoms with Crippen molar-refractivity contribution >= 4 is 5.97 Å². The second-order valence-corrected chi connectivity index (χ2v) is 6.74. The first-order valence-electron chi connectivity index (χ1n) is 7.10. The third-order valence-electron chi connectivity index (χ3n) is 5.88. The molecule has 0 amide bonds. The highest BCUT2D eigenvalue weighted by Gasteiger charge is 2.68. The van der Waals surface area contributed by atoms with Gasteiger partial charge in [0.2, 0.25) is 0 Å². The molecule has 3 aliphatic carbocycles. The third-order valence-corrected chi connectivity index (χ3v) is 5.88. The first kappa shape index (κ1) is 11.5. The summed E-state index contributed by atoms with van der Waals surface area (Å²) in [5.74, 6) is 0.301. The molecule has 3 aliphatic rings. The average Bonchev–Trinajstić information content (AvgIpc) is 2.93. The number of aliphatic hydroxyl groups is 1. The summed E-state index contributed by atoms with van der Waals surface area (Å²) in [5, 5.41) is 19.9. The van der Waals surface area contributed by atoms with Crippen molar-refractivity contribution in [3.63, 3.8) is 0 Å². The Labute approximate surface area is 112 Å². The zero-order valence-electron chi connectivity index (χ0n) is 10.8. The lowest BCUT2D eigenvalue weighted by Gasteiger charge is -2.58. The van der Waals surface area contributed by atoms with E-state index in [-0.39, 0.29) is 5.56 Å². The predicted octanol–water partition coefficient (Wildman–Crippen LogP) is 2.78. The normalized spacial score (nSPS) is 42.8. The lowest BCUT2D eigenvalue weighted by molar-refractivity contribution is -0.191. The summed E-state index contributed by atoms with van der Waals surface area (Å²) < 4.78 is 0. The molecule has 4 rings (SSSR count). The maximum atomic E-state index is 11.0. The van der Waals surface area contributed by atoms with Crippen molar-refractivity contribution in [1.82, 2.24) is 0 Å². The van der Waals surface area contributed by atoms with Crippen LogP contribution in [0.4, 0.5) is 0 Å². The van der Waals surface area contributed by atoms with Crippen LogP contribution in [-0.2, 0) is 5.60 Å². The lowest BCUT2D eigenvalue weighted by atomic mass is 9.49. The molecule has 1 aromatic carbocycles. The minimum absolute atomic E-state index is 0.286. The van der Waals surface area contributed by atoms with Crippen LogP contribution < -0.4 is 0 Å². The van der Waals surface area contributed by atoms with Gasteiger partial charge < -0.3 is 10.2 Å². The molecule has 3 heteroatoms. The van der Waals surface area contributed by atoms with E-state index in [2.05, 4.69) is 0 Å². The van der Waals surface area contributed by atoms with E-state index in [0.29, 0.717) is 11.3 Å². The van der Waals surface area contributed by atoms with E-state index in [9.17, 15) is 9.90 Å². The fraction of sp³-hybridized carbons (Fsp3) is 0.562. The van der Waals surface area contributed by atoms with Gasteiger partial charge in [-0.1, -0.05) is 12.1 Å². The molecule has 1 aromatic rings. The second kappa shape index (κ2) is 3.40. The molecule has 4 atom stereocenters. The molecule has 0 aromatic heterocycles. The number of benzene rings is 1. The number of fused-ring (bicyclic) bond motifs is 1. The van der Waals surface area contributed by atoms with Gasteiger partial charge in [0.15, 0.2) is 0 Å². The van der Waals surface area contributed by atoms with Crippen LogP contribution in [0.1, 0.15) is 48.0 Å². The van der Waals surface area contributed by atoms with Crippen molar-refractivity contribution in [1.29, 1.82) is 0 Å². The third kappa shape index (κ3) is 1.34. The van der Waals surface area contributed by atoms with Crippen molar-refractivity contribution in [2.75, 3.05) is 0 Å². The van der Waals surface area contributed by atoms with E-state index in [1.807, 2.05) is 0 Å². The van der Waals surface area contributed by atoms with E-state index < -0.39 is 11.6 Å². The number of rotatable bonds is 2. The molecule has 3 unspecified atom stereocenters. The highest BCUT2D eigenvalue weighted by Crippen LogP contribution is 2.73. The number of carbonyl (C=O) groups is 1. The first-order chi connectivity index (χ1) is 9.03. The maximum absolute atomic E-state index is 11.0. The van der Waals surface area contributed by atoms with Gasteiger partial charge in [-0.2, -0.15) is 0 Å². The van der Waals surface area contributed by atoms with Crippen LogP contribution in [0.5, 0.6) is 0 Å². The number of hydrogen-bond acceptors (Lipinski definition) is 2. The quantitative estimate of drug-likeness (QED) is 0.857. The Morgan fingerprint density at radius 3 is 2.58 bits per heavy atom. The first-order valence-corrected chi connectivity index (χ1v) is 7.10. The summed E-state index contributed by atoms with van der Waals surface area (Å²) in [5.41, 5.74) is 0.895. The minimum Gasteiger partial charge on any atom is -0.478 e. The molecule has 1 spiro atoms. The summed E-state index contributed by atoms with van der Waals surface area (Å²) in [4.78, 5) is 10.9. The molecule has 0 radical (unpaired) electrons. The van der Waals surface area contributed by atoms with Crippen LogP contribution in [0.25, 0.3) is 0 Å². The molecule has 0 aliphatic heterocycles. The van der Waals surface area contributed by atoms with Crippen molar-refractivity contribution < 1.29 is 15.0 Å². The Hall–Kier alpha value is -1.35. The van der Waals surface area contributed by atoms with Gasteiger partial charge >= 0.3 is 5.97 Å². The van der Waals surface area contributed by atoms with Gasteiger partial charge in [0, 0.05) is 0 Å². The second-order valence-electron chi connectivity index (χ2n) is 6.74. The largest absolute Gasteiger partial charge is 0.478 e. The molecular weight excluding hydrogens is 240 g/mol. The fourth-order valence-corrected chi connectivity index (χ4v) is 5.09. The molecular formula is C16H18O3. The number of aromatic carboxylic acids is 1. The van der Waals surface area contributed by atoms with E-state index in [1.54, 1.807) is 24.3 Å². The summed E-state index contributed by atoms with van der Waals surface area (Å²) in [6, 6.07) is 6.80. The minimum atomic E-state index is -0.913. The van der Waals surface area contributed by atoms with Crippen LogP contribution in [-0.4, -0.2) is 16.2 Å². The van der Waals surface area contributed by atoms with Gasteiger partial charge in [-0.25, -0.2) is 4.79 Å². The molecule has 2 bridgehead atoms. The zero-order chi connectivity index (χ0) is 13.3. The molecule has 2 N–H and O–H groups in total. The van der Waals surface area contributed by atoms with Crippen LogP contribution >= 0.6 is 0 Å². The van der Waals surface area contributed by atoms with Crippen LogP contribution in [0.3, 0.4) is 0 Å². The topological polar surface area (TPSA) is 57.5 Å². The molecule has 100 valence electrons. The van der Waals surface area contributed by atoms with Crippen LogP contribution in [0.2, 0.25) is 0 Å². The molecule has 3 fully saturated rings. The van der Waals surface area contributed by atoms with Crippen LogP contribution in [0, 0.1) is 17.3 Å². The van der Waals surface area contributed by atoms with E-state index in [4.69, 9.17) is 5.11 Å². The Morgan fingerprint density at radius 2 is 2.00 bits per heavy atom. The van der Waals surface area contributed by atoms with Gasteiger partial charge in [-0.05, 0) is 67.1 Å². The van der Waals surface area contributed by atoms with Gasteiger partial charge in [-0.3, -0.25) is 0 Å². The molecule has 3 nitrogen and oxygen atoms in total. The van der Waals surface area contributed by atoms with Crippen LogP contribution in [0.15, 0.2) is 24.3 Å². The fourth-order valence-electron chi connectivity index (χ4n) is 5.09. The lowest BCUT2D eigenvalue weighted by Crippen LogP contribution is -2.56.